The number of fused-ring (bicyclic) bond motifs is 1. The van der Waals surface area contributed by atoms with Gasteiger partial charge in [0.2, 0.25) is 0 Å². The number of benzene rings is 1. The normalized spacial score (nSPS) is 15.5. The highest BCUT2D eigenvalue weighted by atomic mass is 16.2. The van der Waals surface area contributed by atoms with Gasteiger partial charge in [0.1, 0.15) is 0 Å². The van der Waals surface area contributed by atoms with Crippen molar-refractivity contribution in [3.05, 3.63) is 52.8 Å². The van der Waals surface area contributed by atoms with Gasteiger partial charge in [0, 0.05) is 44.5 Å². The zero-order valence-electron chi connectivity index (χ0n) is 15.2. The van der Waals surface area contributed by atoms with E-state index in [1.807, 2.05) is 31.8 Å². The Morgan fingerprint density at radius 1 is 1.32 bits per heavy atom. The number of nitrogens with one attached hydrogen (secondary N) is 2. The van der Waals surface area contributed by atoms with Crippen LogP contribution in [-0.4, -0.2) is 40.3 Å². The van der Waals surface area contributed by atoms with E-state index in [0.717, 1.165) is 37.3 Å². The molecule has 6 nitrogen and oxygen atoms in total. The smallest absolute Gasteiger partial charge is 0.315 e. The van der Waals surface area contributed by atoms with E-state index in [4.69, 9.17) is 0 Å². The molecule has 0 saturated heterocycles. The molecule has 0 radical (unpaired) electrons. The van der Waals surface area contributed by atoms with Gasteiger partial charge in [0.05, 0.1) is 12.2 Å². The number of urea groups is 1. The summed E-state index contributed by atoms with van der Waals surface area (Å²) in [5.41, 5.74) is 4.97. The Morgan fingerprint density at radius 2 is 2.08 bits per heavy atom. The number of carbonyl (C=O) groups excluding carboxylic acids is 1. The van der Waals surface area contributed by atoms with E-state index in [1.165, 1.54) is 11.1 Å². The summed E-state index contributed by atoms with van der Waals surface area (Å²) in [6, 6.07) is 8.41. The summed E-state index contributed by atoms with van der Waals surface area (Å²) < 4.78 is 1.82. The van der Waals surface area contributed by atoms with Crippen LogP contribution in [0.1, 0.15) is 35.3 Å². The minimum Gasteiger partial charge on any atom is -0.337 e. The lowest BCUT2D eigenvalue weighted by Gasteiger charge is -2.28. The van der Waals surface area contributed by atoms with Gasteiger partial charge in [0.25, 0.3) is 0 Å². The molecule has 0 unspecified atom stereocenters. The largest absolute Gasteiger partial charge is 0.337 e. The number of amides is 2. The second kappa shape index (κ2) is 7.70. The van der Waals surface area contributed by atoms with E-state index < -0.39 is 0 Å². The summed E-state index contributed by atoms with van der Waals surface area (Å²) in [5, 5.41) is 10.2. The topological polar surface area (TPSA) is 62.2 Å². The van der Waals surface area contributed by atoms with Crippen LogP contribution in [0.25, 0.3) is 0 Å². The first-order valence-corrected chi connectivity index (χ1v) is 8.86. The van der Waals surface area contributed by atoms with Crippen LogP contribution in [0.5, 0.6) is 0 Å². The lowest BCUT2D eigenvalue weighted by Crippen LogP contribution is -2.42. The van der Waals surface area contributed by atoms with E-state index in [1.54, 1.807) is 0 Å². The van der Waals surface area contributed by atoms with Gasteiger partial charge >= 0.3 is 6.03 Å². The molecule has 1 aromatic carbocycles. The van der Waals surface area contributed by atoms with Crippen molar-refractivity contribution < 1.29 is 4.79 Å². The SMILES string of the molecule is Cc1c([C@H](C)NC(=O)NCCN2CCc3ccccc3C2)cnn1C. The molecule has 2 N–H and O–H groups in total. The lowest BCUT2D eigenvalue weighted by molar-refractivity contribution is 0.228. The molecule has 0 bridgehead atoms. The fourth-order valence-electron chi connectivity index (χ4n) is 3.34. The Hall–Kier alpha value is -2.34. The maximum Gasteiger partial charge on any atom is 0.315 e. The molecule has 0 fully saturated rings. The Bertz CT molecular complexity index is 739. The van der Waals surface area contributed by atoms with Gasteiger partial charge in [-0.25, -0.2) is 4.79 Å². The highest BCUT2D eigenvalue weighted by molar-refractivity contribution is 5.74. The third-order valence-corrected chi connectivity index (χ3v) is 5.01. The molecule has 1 aromatic heterocycles. The Labute approximate surface area is 149 Å². The first kappa shape index (κ1) is 17.5. The molecular weight excluding hydrogens is 314 g/mol. The maximum absolute atomic E-state index is 12.1. The van der Waals surface area contributed by atoms with Crippen LogP contribution in [0, 0.1) is 6.92 Å². The third-order valence-electron chi connectivity index (χ3n) is 5.01. The predicted octanol–water partition coefficient (Wildman–Crippen LogP) is 2.15. The molecule has 0 saturated carbocycles. The van der Waals surface area contributed by atoms with E-state index in [0.29, 0.717) is 6.54 Å². The third kappa shape index (κ3) is 4.20. The van der Waals surface area contributed by atoms with E-state index in [9.17, 15) is 4.79 Å². The summed E-state index contributed by atoms with van der Waals surface area (Å²) in [4.78, 5) is 14.5. The second-order valence-electron chi connectivity index (χ2n) is 6.73. The van der Waals surface area contributed by atoms with Crippen molar-refractivity contribution in [2.24, 2.45) is 7.05 Å². The summed E-state index contributed by atoms with van der Waals surface area (Å²) in [6.45, 7) is 7.50. The van der Waals surface area contributed by atoms with Crippen molar-refractivity contribution in [1.29, 1.82) is 0 Å². The molecule has 6 heteroatoms. The second-order valence-corrected chi connectivity index (χ2v) is 6.73. The first-order valence-electron chi connectivity index (χ1n) is 8.86. The van der Waals surface area contributed by atoms with Gasteiger partial charge in [0.15, 0.2) is 0 Å². The van der Waals surface area contributed by atoms with Crippen LogP contribution in [0.4, 0.5) is 4.79 Å². The quantitative estimate of drug-likeness (QED) is 0.876. The van der Waals surface area contributed by atoms with Crippen LogP contribution < -0.4 is 10.6 Å². The molecule has 2 aromatic rings. The summed E-state index contributed by atoms with van der Waals surface area (Å²) >= 11 is 0. The lowest BCUT2D eigenvalue weighted by atomic mass is 10.00. The van der Waals surface area contributed by atoms with Crippen molar-refractivity contribution in [3.63, 3.8) is 0 Å². The number of aromatic nitrogens is 2. The zero-order chi connectivity index (χ0) is 17.8. The Kier molecular flexibility index (Phi) is 5.38. The van der Waals surface area contributed by atoms with Gasteiger partial charge in [-0.2, -0.15) is 5.10 Å². The molecule has 1 aliphatic heterocycles. The Morgan fingerprint density at radius 3 is 2.80 bits per heavy atom. The monoisotopic (exact) mass is 341 g/mol. The minimum absolute atomic E-state index is 0.0597. The van der Waals surface area contributed by atoms with Gasteiger partial charge in [-0.1, -0.05) is 24.3 Å². The molecule has 1 aliphatic rings. The molecule has 2 amide bonds. The molecule has 0 aliphatic carbocycles. The molecule has 0 spiro atoms. The molecule has 25 heavy (non-hydrogen) atoms. The molecule has 2 heterocycles. The van der Waals surface area contributed by atoms with E-state index in [2.05, 4.69) is 44.9 Å². The maximum atomic E-state index is 12.1. The van der Waals surface area contributed by atoms with Gasteiger partial charge in [-0.3, -0.25) is 9.58 Å². The van der Waals surface area contributed by atoms with Crippen molar-refractivity contribution in [2.75, 3.05) is 19.6 Å². The standard InChI is InChI=1S/C19H27N5O/c1-14(18-12-21-23(3)15(18)2)22-19(25)20-9-11-24-10-8-16-6-4-5-7-17(16)13-24/h4-7,12,14H,8-11,13H2,1-3H3,(H2,20,22,25)/t14-/m0/s1. The van der Waals surface area contributed by atoms with Crippen LogP contribution in [0.2, 0.25) is 0 Å². The fourth-order valence-corrected chi connectivity index (χ4v) is 3.34. The number of hydrogen-bond acceptors (Lipinski definition) is 3. The van der Waals surface area contributed by atoms with Crippen molar-refractivity contribution in [1.82, 2.24) is 25.3 Å². The molecule has 1 atom stereocenters. The van der Waals surface area contributed by atoms with Crippen LogP contribution in [-0.2, 0) is 20.0 Å². The number of carbonyl (C=O) groups is 1. The van der Waals surface area contributed by atoms with E-state index in [-0.39, 0.29) is 12.1 Å². The summed E-state index contributed by atoms with van der Waals surface area (Å²) in [7, 11) is 1.91. The van der Waals surface area contributed by atoms with Crippen molar-refractivity contribution in [2.45, 2.75) is 32.9 Å². The first-order chi connectivity index (χ1) is 12.0. The molecule has 3 rings (SSSR count). The summed E-state index contributed by atoms with van der Waals surface area (Å²) in [6.07, 6.45) is 2.89. The van der Waals surface area contributed by atoms with Crippen LogP contribution >= 0.6 is 0 Å². The average molecular weight is 341 g/mol. The van der Waals surface area contributed by atoms with Crippen molar-refractivity contribution >= 4 is 6.03 Å². The van der Waals surface area contributed by atoms with Crippen LogP contribution in [0.3, 0.4) is 0 Å². The van der Waals surface area contributed by atoms with Gasteiger partial charge in [-0.05, 0) is 31.4 Å². The van der Waals surface area contributed by atoms with Crippen molar-refractivity contribution in [3.8, 4) is 0 Å². The highest BCUT2D eigenvalue weighted by Crippen LogP contribution is 2.18. The van der Waals surface area contributed by atoms with Crippen LogP contribution in [0.15, 0.2) is 30.5 Å². The Balaban J connectivity index is 1.42. The highest BCUT2D eigenvalue weighted by Gasteiger charge is 2.16. The predicted molar refractivity (Wildman–Crippen MR) is 98.3 cm³/mol. The minimum atomic E-state index is -0.131. The number of aryl methyl sites for hydroxylation is 1. The number of hydrogen-bond donors (Lipinski definition) is 2. The fraction of sp³-hybridized carbons (Fsp3) is 0.474. The number of nitrogens with zero attached hydrogens (tertiary/aromatic N) is 3. The zero-order valence-corrected chi connectivity index (χ0v) is 15.2. The molecular formula is C19H27N5O. The number of rotatable bonds is 5. The summed E-state index contributed by atoms with van der Waals surface area (Å²) in [5.74, 6) is 0. The average Bonchev–Trinajstić information content (AvgIpc) is 2.94. The van der Waals surface area contributed by atoms with Gasteiger partial charge < -0.3 is 10.6 Å². The van der Waals surface area contributed by atoms with Gasteiger partial charge in [-0.15, -0.1) is 0 Å². The van der Waals surface area contributed by atoms with E-state index >= 15 is 0 Å². The molecule has 134 valence electrons.